The molecule has 2 aromatic rings. The van der Waals surface area contributed by atoms with E-state index in [0.29, 0.717) is 18.9 Å². The van der Waals surface area contributed by atoms with Gasteiger partial charge in [0.25, 0.3) is 0 Å². The van der Waals surface area contributed by atoms with Gasteiger partial charge >= 0.3 is 0 Å². The van der Waals surface area contributed by atoms with Gasteiger partial charge in [-0.05, 0) is 29.7 Å². The van der Waals surface area contributed by atoms with Gasteiger partial charge in [0, 0.05) is 50.7 Å². The standard InChI is InChI=1S/C23H28F2N4O/c1-26-23(28-21-13-18(21)22-19(24)7-4-8-20(22)25)27-14-16-5-2-3-6-17(16)15-29-9-11-30-12-10-29/h2-8,18,21H,9-15H2,1H3,(H2,26,27,28). The third-order valence-electron chi connectivity index (χ3n) is 5.77. The van der Waals surface area contributed by atoms with Crippen molar-refractivity contribution in [1.29, 1.82) is 0 Å². The summed E-state index contributed by atoms with van der Waals surface area (Å²) in [6.07, 6.45) is 0.687. The van der Waals surface area contributed by atoms with Crippen LogP contribution in [0.4, 0.5) is 8.78 Å². The minimum absolute atomic E-state index is 0.0220. The SMILES string of the molecule is CN=C(NCc1ccccc1CN1CCOCC1)NC1CC1c1c(F)cccc1F. The maximum absolute atomic E-state index is 14.0. The summed E-state index contributed by atoms with van der Waals surface area (Å²) >= 11 is 0. The maximum Gasteiger partial charge on any atom is 0.191 e. The summed E-state index contributed by atoms with van der Waals surface area (Å²) in [6.45, 7) is 4.97. The first-order valence-corrected chi connectivity index (χ1v) is 10.4. The zero-order chi connectivity index (χ0) is 20.9. The van der Waals surface area contributed by atoms with E-state index < -0.39 is 11.6 Å². The molecule has 1 aliphatic carbocycles. The molecular formula is C23H28F2N4O. The Kier molecular flexibility index (Phi) is 6.59. The molecule has 0 bridgehead atoms. The van der Waals surface area contributed by atoms with Crippen molar-refractivity contribution < 1.29 is 13.5 Å². The Labute approximate surface area is 176 Å². The maximum atomic E-state index is 14.0. The Balaban J connectivity index is 1.33. The van der Waals surface area contributed by atoms with Gasteiger partial charge in [0.1, 0.15) is 11.6 Å². The highest BCUT2D eigenvalue weighted by Gasteiger charge is 2.42. The molecule has 2 fully saturated rings. The van der Waals surface area contributed by atoms with Crippen molar-refractivity contribution in [3.05, 3.63) is 70.8 Å². The number of benzene rings is 2. The third kappa shape index (κ3) is 4.96. The Morgan fingerprint density at radius 2 is 1.77 bits per heavy atom. The molecule has 30 heavy (non-hydrogen) atoms. The zero-order valence-electron chi connectivity index (χ0n) is 17.2. The Hall–Kier alpha value is -2.51. The van der Waals surface area contributed by atoms with Gasteiger partial charge in [-0.15, -0.1) is 0 Å². The molecule has 1 saturated carbocycles. The number of ether oxygens (including phenoxy) is 1. The Morgan fingerprint density at radius 3 is 2.47 bits per heavy atom. The normalized spacial score (nSPS) is 22.0. The Morgan fingerprint density at radius 1 is 1.07 bits per heavy atom. The van der Waals surface area contributed by atoms with Crippen molar-refractivity contribution in [2.24, 2.45) is 4.99 Å². The average molecular weight is 414 g/mol. The van der Waals surface area contributed by atoms with Crippen molar-refractivity contribution >= 4 is 5.96 Å². The Bertz CT molecular complexity index is 878. The monoisotopic (exact) mass is 414 g/mol. The van der Waals surface area contributed by atoms with Crippen LogP contribution in [0.15, 0.2) is 47.5 Å². The van der Waals surface area contributed by atoms with Crippen LogP contribution in [-0.4, -0.2) is 50.3 Å². The fraction of sp³-hybridized carbons (Fsp3) is 0.435. The molecule has 0 radical (unpaired) electrons. The minimum atomic E-state index is -0.482. The van der Waals surface area contributed by atoms with Crippen molar-refractivity contribution in [1.82, 2.24) is 15.5 Å². The topological polar surface area (TPSA) is 48.9 Å². The molecule has 1 aliphatic heterocycles. The van der Waals surface area contributed by atoms with Crippen LogP contribution in [-0.2, 0) is 17.8 Å². The lowest BCUT2D eigenvalue weighted by molar-refractivity contribution is 0.0341. The third-order valence-corrected chi connectivity index (χ3v) is 5.77. The van der Waals surface area contributed by atoms with E-state index in [0.717, 1.165) is 32.8 Å². The van der Waals surface area contributed by atoms with Gasteiger partial charge in [-0.2, -0.15) is 0 Å². The predicted molar refractivity (Wildman–Crippen MR) is 113 cm³/mol. The number of halogens is 2. The second-order valence-corrected chi connectivity index (χ2v) is 7.81. The van der Waals surface area contributed by atoms with Crippen molar-refractivity contribution in [2.45, 2.75) is 31.5 Å². The number of hydrogen-bond donors (Lipinski definition) is 2. The largest absolute Gasteiger partial charge is 0.379 e. The van der Waals surface area contributed by atoms with Crippen LogP contribution in [0, 0.1) is 11.6 Å². The summed E-state index contributed by atoms with van der Waals surface area (Å²) in [5.74, 6) is -0.493. The summed E-state index contributed by atoms with van der Waals surface area (Å²) in [4.78, 5) is 6.68. The molecule has 2 unspecified atom stereocenters. The van der Waals surface area contributed by atoms with E-state index in [1.165, 1.54) is 29.3 Å². The van der Waals surface area contributed by atoms with Gasteiger partial charge in [-0.25, -0.2) is 8.78 Å². The van der Waals surface area contributed by atoms with E-state index in [1.54, 1.807) is 7.05 Å². The predicted octanol–water partition coefficient (Wildman–Crippen LogP) is 3.02. The summed E-state index contributed by atoms with van der Waals surface area (Å²) in [5.41, 5.74) is 2.65. The number of hydrogen-bond acceptors (Lipinski definition) is 3. The average Bonchev–Trinajstić information content (AvgIpc) is 3.51. The second kappa shape index (κ2) is 9.53. The van der Waals surface area contributed by atoms with Crippen LogP contribution < -0.4 is 10.6 Å². The molecule has 0 spiro atoms. The number of aliphatic imine (C=N–C) groups is 1. The first-order valence-electron chi connectivity index (χ1n) is 10.4. The smallest absolute Gasteiger partial charge is 0.191 e. The van der Waals surface area contributed by atoms with E-state index in [4.69, 9.17) is 4.74 Å². The lowest BCUT2D eigenvalue weighted by Gasteiger charge is -2.27. The summed E-state index contributed by atoms with van der Waals surface area (Å²) < 4.78 is 33.5. The highest BCUT2D eigenvalue weighted by Crippen LogP contribution is 2.43. The molecule has 0 amide bonds. The number of rotatable bonds is 6. The van der Waals surface area contributed by atoms with Crippen LogP contribution >= 0.6 is 0 Å². The molecule has 2 aromatic carbocycles. The molecule has 2 aliphatic rings. The molecule has 1 heterocycles. The molecule has 5 nitrogen and oxygen atoms in total. The van der Waals surface area contributed by atoms with Crippen molar-refractivity contribution in [3.63, 3.8) is 0 Å². The van der Waals surface area contributed by atoms with Gasteiger partial charge in [0.05, 0.1) is 13.2 Å². The molecule has 160 valence electrons. The number of guanidine groups is 1. The lowest BCUT2D eigenvalue weighted by atomic mass is 10.1. The summed E-state index contributed by atoms with van der Waals surface area (Å²) in [7, 11) is 1.70. The van der Waals surface area contributed by atoms with E-state index in [2.05, 4.69) is 38.7 Å². The summed E-state index contributed by atoms with van der Waals surface area (Å²) in [5, 5.41) is 6.64. The molecule has 0 aromatic heterocycles. The molecule has 7 heteroatoms. The molecule has 2 N–H and O–H groups in total. The molecule has 4 rings (SSSR count). The zero-order valence-corrected chi connectivity index (χ0v) is 17.2. The minimum Gasteiger partial charge on any atom is -0.379 e. The fourth-order valence-electron chi connectivity index (χ4n) is 3.97. The molecular weight excluding hydrogens is 386 g/mol. The number of nitrogens with one attached hydrogen (secondary N) is 2. The fourth-order valence-corrected chi connectivity index (χ4v) is 3.97. The van der Waals surface area contributed by atoms with Crippen molar-refractivity contribution in [3.8, 4) is 0 Å². The van der Waals surface area contributed by atoms with Crippen LogP contribution in [0.25, 0.3) is 0 Å². The van der Waals surface area contributed by atoms with Crippen LogP contribution in [0.2, 0.25) is 0 Å². The number of nitrogens with zero attached hydrogens (tertiary/aromatic N) is 2. The summed E-state index contributed by atoms with van der Waals surface area (Å²) in [6, 6.07) is 12.4. The molecule has 2 atom stereocenters. The van der Waals surface area contributed by atoms with Crippen LogP contribution in [0.1, 0.15) is 29.0 Å². The van der Waals surface area contributed by atoms with Crippen molar-refractivity contribution in [2.75, 3.05) is 33.4 Å². The van der Waals surface area contributed by atoms with Gasteiger partial charge in [-0.1, -0.05) is 30.3 Å². The molecule has 1 saturated heterocycles. The number of morpholine rings is 1. The van der Waals surface area contributed by atoms with Gasteiger partial charge < -0.3 is 15.4 Å². The quantitative estimate of drug-likeness (QED) is 0.564. The highest BCUT2D eigenvalue weighted by atomic mass is 19.1. The van der Waals surface area contributed by atoms with Gasteiger partial charge in [0.15, 0.2) is 5.96 Å². The van der Waals surface area contributed by atoms with E-state index in [-0.39, 0.29) is 17.5 Å². The highest BCUT2D eigenvalue weighted by molar-refractivity contribution is 5.80. The first kappa shape index (κ1) is 20.8. The van der Waals surface area contributed by atoms with Crippen LogP contribution in [0.3, 0.4) is 0 Å². The second-order valence-electron chi connectivity index (χ2n) is 7.81. The lowest BCUT2D eigenvalue weighted by Crippen LogP contribution is -2.39. The van der Waals surface area contributed by atoms with E-state index >= 15 is 0 Å². The van der Waals surface area contributed by atoms with Gasteiger partial charge in [0.2, 0.25) is 0 Å². The van der Waals surface area contributed by atoms with E-state index in [9.17, 15) is 8.78 Å². The van der Waals surface area contributed by atoms with Crippen LogP contribution in [0.5, 0.6) is 0 Å². The first-order chi connectivity index (χ1) is 14.7. The van der Waals surface area contributed by atoms with E-state index in [1.807, 2.05) is 6.07 Å². The van der Waals surface area contributed by atoms with Gasteiger partial charge in [-0.3, -0.25) is 9.89 Å².